The number of benzene rings is 2. The minimum absolute atomic E-state index is 0.0382. The van der Waals surface area contributed by atoms with E-state index in [2.05, 4.69) is 0 Å². The number of ether oxygens (including phenoxy) is 2. The van der Waals surface area contributed by atoms with Gasteiger partial charge < -0.3 is 15.2 Å². The highest BCUT2D eigenvalue weighted by Crippen LogP contribution is 2.44. The lowest BCUT2D eigenvalue weighted by Gasteiger charge is -2.35. The van der Waals surface area contributed by atoms with Gasteiger partial charge in [0.1, 0.15) is 16.5 Å². The van der Waals surface area contributed by atoms with Crippen molar-refractivity contribution in [2.24, 2.45) is 5.73 Å². The zero-order valence-electron chi connectivity index (χ0n) is 17.4. The molecule has 1 atom stereocenters. The molecule has 1 unspecified atom stereocenters. The number of nitrogens with two attached hydrogens (primary N) is 1. The van der Waals surface area contributed by atoms with E-state index < -0.39 is 22.8 Å². The molecule has 10 nitrogen and oxygen atoms in total. The molecule has 2 aromatic rings. The highest BCUT2D eigenvalue weighted by molar-refractivity contribution is 6.33. The number of esters is 2. The first-order valence-corrected chi connectivity index (χ1v) is 9.74. The number of anilines is 1. The van der Waals surface area contributed by atoms with Crippen LogP contribution in [0.5, 0.6) is 0 Å². The van der Waals surface area contributed by atoms with Crippen molar-refractivity contribution in [1.82, 2.24) is 0 Å². The SMILES string of the molecule is COC(=O)C1=C(C(=O)OC)N(c2ccc([N+](=O)[O-])c(Cl)c2)C(N)=C(C#N)C1c1ccccc1. The molecule has 2 N–H and O–H groups in total. The van der Waals surface area contributed by atoms with Crippen molar-refractivity contribution in [2.75, 3.05) is 19.1 Å². The maximum atomic E-state index is 12.9. The Bertz CT molecular complexity index is 1250. The van der Waals surface area contributed by atoms with Crippen LogP contribution in [0.2, 0.25) is 5.02 Å². The summed E-state index contributed by atoms with van der Waals surface area (Å²) in [5.74, 6) is -3.03. The fraction of sp³-hybridized carbons (Fsp3) is 0.136. The van der Waals surface area contributed by atoms with E-state index in [4.69, 9.17) is 26.8 Å². The van der Waals surface area contributed by atoms with Crippen LogP contribution in [0, 0.1) is 21.4 Å². The van der Waals surface area contributed by atoms with Crippen LogP contribution in [-0.2, 0) is 19.1 Å². The van der Waals surface area contributed by atoms with Crippen LogP contribution in [0.25, 0.3) is 0 Å². The Morgan fingerprint density at radius 2 is 1.79 bits per heavy atom. The number of nitriles is 1. The second-order valence-electron chi connectivity index (χ2n) is 6.73. The number of allylic oxidation sites excluding steroid dienone is 1. The molecule has 0 radical (unpaired) electrons. The Labute approximate surface area is 193 Å². The molecule has 3 rings (SSSR count). The molecule has 1 aliphatic heterocycles. The molecule has 0 amide bonds. The molecule has 11 heteroatoms. The van der Waals surface area contributed by atoms with Crippen molar-refractivity contribution in [3.05, 3.63) is 91.9 Å². The molecule has 2 aromatic carbocycles. The zero-order valence-corrected chi connectivity index (χ0v) is 18.2. The second kappa shape index (κ2) is 9.42. The molecule has 0 aromatic heterocycles. The van der Waals surface area contributed by atoms with Gasteiger partial charge >= 0.3 is 11.9 Å². The number of carbonyl (C=O) groups excluding carboxylic acids is 2. The normalized spacial score (nSPS) is 15.7. The van der Waals surface area contributed by atoms with Gasteiger partial charge in [0, 0.05) is 11.8 Å². The van der Waals surface area contributed by atoms with Crippen LogP contribution in [0.1, 0.15) is 11.5 Å². The Hall–Kier alpha value is -4.36. The number of nitro groups is 1. The number of hydrogen-bond acceptors (Lipinski definition) is 9. The van der Waals surface area contributed by atoms with Gasteiger partial charge in [-0.1, -0.05) is 41.9 Å². The van der Waals surface area contributed by atoms with Crippen molar-refractivity contribution < 1.29 is 24.0 Å². The number of hydrogen-bond donors (Lipinski definition) is 1. The number of halogens is 1. The van der Waals surface area contributed by atoms with Gasteiger partial charge in [0.2, 0.25) is 0 Å². The number of nitro benzene ring substituents is 1. The Morgan fingerprint density at radius 1 is 1.15 bits per heavy atom. The van der Waals surface area contributed by atoms with E-state index in [1.165, 1.54) is 12.1 Å². The van der Waals surface area contributed by atoms with Crippen LogP contribution in [0.4, 0.5) is 11.4 Å². The Balaban J connectivity index is 2.40. The summed E-state index contributed by atoms with van der Waals surface area (Å²) in [6.45, 7) is 0. The molecule has 0 saturated carbocycles. The summed E-state index contributed by atoms with van der Waals surface area (Å²) >= 11 is 6.06. The van der Waals surface area contributed by atoms with Crippen molar-refractivity contribution in [3.8, 4) is 6.07 Å². The van der Waals surface area contributed by atoms with Crippen LogP contribution < -0.4 is 10.6 Å². The molecular formula is C22H17ClN4O6. The smallest absolute Gasteiger partial charge is 0.355 e. The monoisotopic (exact) mass is 468 g/mol. The molecular weight excluding hydrogens is 452 g/mol. The first-order chi connectivity index (χ1) is 15.8. The lowest BCUT2D eigenvalue weighted by Crippen LogP contribution is -2.40. The highest BCUT2D eigenvalue weighted by atomic mass is 35.5. The maximum absolute atomic E-state index is 12.9. The predicted octanol–water partition coefficient (Wildman–Crippen LogP) is 3.15. The lowest BCUT2D eigenvalue weighted by molar-refractivity contribution is -0.384. The van der Waals surface area contributed by atoms with Gasteiger partial charge in [0.25, 0.3) is 5.69 Å². The summed E-state index contributed by atoms with van der Waals surface area (Å²) in [6.07, 6.45) is 0. The third-order valence-corrected chi connectivity index (χ3v) is 5.30. The summed E-state index contributed by atoms with van der Waals surface area (Å²) in [7, 11) is 2.25. The van der Waals surface area contributed by atoms with Crippen LogP contribution in [0.15, 0.2) is 71.2 Å². The molecule has 0 bridgehead atoms. The van der Waals surface area contributed by atoms with E-state index in [9.17, 15) is 25.0 Å². The van der Waals surface area contributed by atoms with Crippen LogP contribution >= 0.6 is 11.6 Å². The maximum Gasteiger partial charge on any atom is 0.355 e. The van der Waals surface area contributed by atoms with Crippen LogP contribution in [-0.4, -0.2) is 31.1 Å². The van der Waals surface area contributed by atoms with E-state index in [0.717, 1.165) is 25.2 Å². The average Bonchev–Trinajstić information content (AvgIpc) is 2.82. The molecule has 1 aliphatic rings. The van der Waals surface area contributed by atoms with Gasteiger partial charge in [0.05, 0.1) is 42.3 Å². The van der Waals surface area contributed by atoms with E-state index in [-0.39, 0.29) is 39.1 Å². The van der Waals surface area contributed by atoms with Gasteiger partial charge in [0.15, 0.2) is 0 Å². The average molecular weight is 469 g/mol. The fourth-order valence-electron chi connectivity index (χ4n) is 3.56. The van der Waals surface area contributed by atoms with Crippen molar-refractivity contribution >= 4 is 34.9 Å². The first kappa shape index (κ1) is 23.3. The van der Waals surface area contributed by atoms with Crippen LogP contribution in [0.3, 0.4) is 0 Å². The van der Waals surface area contributed by atoms with Crippen molar-refractivity contribution in [3.63, 3.8) is 0 Å². The molecule has 0 aliphatic carbocycles. The first-order valence-electron chi connectivity index (χ1n) is 9.36. The minimum Gasteiger partial charge on any atom is -0.466 e. The van der Waals surface area contributed by atoms with E-state index in [0.29, 0.717) is 5.56 Å². The van der Waals surface area contributed by atoms with Gasteiger partial charge in [-0.25, -0.2) is 9.59 Å². The van der Waals surface area contributed by atoms with Gasteiger partial charge in [-0.05, 0) is 17.7 Å². The summed E-state index contributed by atoms with van der Waals surface area (Å²) in [5.41, 5.74) is 6.05. The van der Waals surface area contributed by atoms with E-state index >= 15 is 0 Å². The molecule has 168 valence electrons. The summed E-state index contributed by atoms with van der Waals surface area (Å²) in [5, 5.41) is 20.9. The molecule has 0 saturated heterocycles. The number of rotatable bonds is 5. The summed E-state index contributed by atoms with van der Waals surface area (Å²) < 4.78 is 9.84. The molecule has 1 heterocycles. The predicted molar refractivity (Wildman–Crippen MR) is 118 cm³/mol. The lowest BCUT2D eigenvalue weighted by atomic mass is 9.81. The van der Waals surface area contributed by atoms with E-state index in [1.54, 1.807) is 30.3 Å². The number of methoxy groups -OCH3 is 2. The summed E-state index contributed by atoms with van der Waals surface area (Å²) in [6, 6.07) is 14.1. The number of nitrogens with zero attached hydrogens (tertiary/aromatic N) is 3. The van der Waals surface area contributed by atoms with Crippen molar-refractivity contribution in [1.29, 1.82) is 5.26 Å². The molecule has 0 fully saturated rings. The van der Waals surface area contributed by atoms with E-state index in [1.807, 2.05) is 6.07 Å². The third kappa shape index (κ3) is 4.09. The Morgan fingerprint density at radius 3 is 2.30 bits per heavy atom. The fourth-order valence-corrected chi connectivity index (χ4v) is 3.81. The van der Waals surface area contributed by atoms with Gasteiger partial charge in [-0.3, -0.25) is 15.0 Å². The topological polar surface area (TPSA) is 149 Å². The Kier molecular flexibility index (Phi) is 6.65. The highest BCUT2D eigenvalue weighted by Gasteiger charge is 2.43. The quantitative estimate of drug-likeness (QED) is 0.396. The minimum atomic E-state index is -1.03. The number of carbonyl (C=O) groups is 2. The standard InChI is InChI=1S/C22H17ClN4O6/c1-32-21(28)18-17(12-6-4-3-5-7-12)14(11-24)20(25)26(19(18)22(29)33-2)13-8-9-16(27(30)31)15(23)10-13/h3-10,17H,25H2,1-2H3. The summed E-state index contributed by atoms with van der Waals surface area (Å²) in [4.78, 5) is 37.4. The van der Waals surface area contributed by atoms with Gasteiger partial charge in [-0.2, -0.15) is 5.26 Å². The second-order valence-corrected chi connectivity index (χ2v) is 7.14. The molecule has 0 spiro atoms. The largest absolute Gasteiger partial charge is 0.466 e. The molecule has 33 heavy (non-hydrogen) atoms. The van der Waals surface area contributed by atoms with Crippen molar-refractivity contribution in [2.45, 2.75) is 5.92 Å². The third-order valence-electron chi connectivity index (χ3n) is 5.00. The zero-order chi connectivity index (χ0) is 24.3. The van der Waals surface area contributed by atoms with Gasteiger partial charge in [-0.15, -0.1) is 0 Å².